The molecule has 0 aliphatic carbocycles. The molecule has 6 heteroatoms. The SMILES string of the molecule is CCN.C[C@@H]1CCC(O)(CO)C(CO)O1.[Ir]. The first kappa shape index (κ1) is 18.8. The van der Waals surface area contributed by atoms with Crippen molar-refractivity contribution < 1.29 is 40.2 Å². The number of aliphatic hydroxyl groups is 3. The number of hydrogen-bond acceptors (Lipinski definition) is 5. The van der Waals surface area contributed by atoms with Crippen LogP contribution in [0.15, 0.2) is 0 Å². The van der Waals surface area contributed by atoms with Crippen LogP contribution in [0.5, 0.6) is 0 Å². The standard InChI is InChI=1S/C8H16O4.C2H7N.Ir/c1-6-2-3-8(11,5-10)7(4-9)12-6;1-2-3;/h6-7,9-11H,2-5H2,1H3;2-3H2,1H3;/t6-,7?,8?;;/m1../s1. The van der Waals surface area contributed by atoms with E-state index < -0.39 is 11.7 Å². The van der Waals surface area contributed by atoms with Gasteiger partial charge in [0.05, 0.1) is 19.3 Å². The molecular weight excluding hydrogens is 390 g/mol. The summed E-state index contributed by atoms with van der Waals surface area (Å²) < 4.78 is 5.28. The van der Waals surface area contributed by atoms with E-state index in [2.05, 4.69) is 0 Å². The third-order valence-electron chi connectivity index (χ3n) is 2.42. The largest absolute Gasteiger partial charge is 0.394 e. The van der Waals surface area contributed by atoms with Crippen molar-refractivity contribution in [1.82, 2.24) is 0 Å². The van der Waals surface area contributed by atoms with Gasteiger partial charge in [-0.15, -0.1) is 0 Å². The summed E-state index contributed by atoms with van der Waals surface area (Å²) in [7, 11) is 0. The van der Waals surface area contributed by atoms with Crippen molar-refractivity contribution >= 4 is 0 Å². The van der Waals surface area contributed by atoms with Crippen molar-refractivity contribution in [3.63, 3.8) is 0 Å². The number of ether oxygens (including phenoxy) is 1. The van der Waals surface area contributed by atoms with Gasteiger partial charge in [0.1, 0.15) is 11.7 Å². The van der Waals surface area contributed by atoms with Crippen LogP contribution in [-0.2, 0) is 24.8 Å². The molecule has 5 N–H and O–H groups in total. The van der Waals surface area contributed by atoms with Crippen molar-refractivity contribution in [3.8, 4) is 0 Å². The summed E-state index contributed by atoms with van der Waals surface area (Å²) in [6.07, 6.45) is 0.601. The van der Waals surface area contributed by atoms with E-state index in [0.29, 0.717) is 12.8 Å². The van der Waals surface area contributed by atoms with Crippen molar-refractivity contribution in [2.75, 3.05) is 19.8 Å². The maximum absolute atomic E-state index is 9.72. The van der Waals surface area contributed by atoms with Crippen molar-refractivity contribution in [1.29, 1.82) is 0 Å². The molecule has 0 aromatic heterocycles. The Morgan fingerprint density at radius 3 is 2.31 bits per heavy atom. The summed E-state index contributed by atoms with van der Waals surface area (Å²) in [6, 6.07) is 0. The molecule has 0 amide bonds. The molecule has 5 nitrogen and oxygen atoms in total. The van der Waals surface area contributed by atoms with Crippen LogP contribution in [0.25, 0.3) is 0 Å². The summed E-state index contributed by atoms with van der Waals surface area (Å²) in [5, 5.41) is 27.5. The molecule has 0 saturated carbocycles. The van der Waals surface area contributed by atoms with E-state index in [1.54, 1.807) is 0 Å². The molecular formula is C10H23IrNO4. The normalized spacial score (nSPS) is 33.4. The fourth-order valence-corrected chi connectivity index (χ4v) is 1.48. The summed E-state index contributed by atoms with van der Waals surface area (Å²) in [4.78, 5) is 0. The summed E-state index contributed by atoms with van der Waals surface area (Å²) in [5.41, 5.74) is 3.60. The van der Waals surface area contributed by atoms with E-state index in [1.165, 1.54) is 0 Å². The predicted molar refractivity (Wildman–Crippen MR) is 57.4 cm³/mol. The number of nitrogens with two attached hydrogens (primary N) is 1. The van der Waals surface area contributed by atoms with Crippen molar-refractivity contribution in [2.45, 2.75) is 44.5 Å². The fraction of sp³-hybridized carbons (Fsp3) is 1.00. The zero-order valence-electron chi connectivity index (χ0n) is 9.85. The van der Waals surface area contributed by atoms with Gasteiger partial charge in [-0.2, -0.15) is 0 Å². The van der Waals surface area contributed by atoms with Crippen LogP contribution in [0.3, 0.4) is 0 Å². The fourth-order valence-electron chi connectivity index (χ4n) is 1.48. The van der Waals surface area contributed by atoms with Crippen LogP contribution in [0.4, 0.5) is 0 Å². The number of aliphatic hydroxyl groups excluding tert-OH is 2. The molecule has 3 atom stereocenters. The van der Waals surface area contributed by atoms with Crippen LogP contribution >= 0.6 is 0 Å². The molecule has 16 heavy (non-hydrogen) atoms. The Bertz CT molecular complexity index is 173. The van der Waals surface area contributed by atoms with Gasteiger partial charge in [0, 0.05) is 20.1 Å². The van der Waals surface area contributed by atoms with Gasteiger partial charge < -0.3 is 25.8 Å². The molecule has 1 aliphatic rings. The van der Waals surface area contributed by atoms with Gasteiger partial charge in [-0.1, -0.05) is 6.92 Å². The Hall–Kier alpha value is 0.449. The number of rotatable bonds is 2. The van der Waals surface area contributed by atoms with Crippen LogP contribution in [0.2, 0.25) is 0 Å². The van der Waals surface area contributed by atoms with Gasteiger partial charge in [-0.25, -0.2) is 0 Å². The van der Waals surface area contributed by atoms with Crippen LogP contribution in [0, 0.1) is 0 Å². The molecule has 0 aromatic rings. The zero-order valence-corrected chi connectivity index (χ0v) is 12.2. The van der Waals surface area contributed by atoms with Crippen LogP contribution in [0.1, 0.15) is 26.7 Å². The molecule has 1 fully saturated rings. The van der Waals surface area contributed by atoms with E-state index in [4.69, 9.17) is 20.7 Å². The molecule has 1 rings (SSSR count). The Balaban J connectivity index is 0. The average molecular weight is 414 g/mol. The van der Waals surface area contributed by atoms with Gasteiger partial charge in [0.25, 0.3) is 0 Å². The van der Waals surface area contributed by atoms with E-state index in [9.17, 15) is 5.11 Å². The molecule has 0 bridgehead atoms. The van der Waals surface area contributed by atoms with Gasteiger partial charge in [0.2, 0.25) is 0 Å². The average Bonchev–Trinajstić information content (AvgIpc) is 2.23. The first-order chi connectivity index (χ1) is 7.03. The van der Waals surface area contributed by atoms with Crippen molar-refractivity contribution in [3.05, 3.63) is 0 Å². The molecule has 1 radical (unpaired) electrons. The topological polar surface area (TPSA) is 95.9 Å². The minimum atomic E-state index is -1.25. The molecule has 1 heterocycles. The van der Waals surface area contributed by atoms with E-state index in [1.807, 2.05) is 13.8 Å². The molecule has 2 unspecified atom stereocenters. The van der Waals surface area contributed by atoms with Crippen LogP contribution < -0.4 is 5.73 Å². The van der Waals surface area contributed by atoms with Gasteiger partial charge in [-0.05, 0) is 26.3 Å². The van der Waals surface area contributed by atoms with E-state index in [0.717, 1.165) is 6.54 Å². The first-order valence-electron chi connectivity index (χ1n) is 5.33. The van der Waals surface area contributed by atoms with Gasteiger partial charge in [0.15, 0.2) is 0 Å². The maximum Gasteiger partial charge on any atom is 0.116 e. The summed E-state index contributed by atoms with van der Waals surface area (Å²) in [6.45, 7) is 3.94. The van der Waals surface area contributed by atoms with E-state index in [-0.39, 0.29) is 39.4 Å². The van der Waals surface area contributed by atoms with Crippen molar-refractivity contribution in [2.24, 2.45) is 5.73 Å². The molecule has 101 valence electrons. The van der Waals surface area contributed by atoms with Gasteiger partial charge in [-0.3, -0.25) is 0 Å². The zero-order chi connectivity index (χ0) is 11.9. The minimum absolute atomic E-state index is 0. The third kappa shape index (κ3) is 5.68. The second-order valence-corrected chi connectivity index (χ2v) is 3.83. The monoisotopic (exact) mass is 414 g/mol. The Kier molecular flexibility index (Phi) is 11.1. The molecule has 0 aromatic carbocycles. The maximum atomic E-state index is 9.72. The second kappa shape index (κ2) is 9.48. The van der Waals surface area contributed by atoms with Gasteiger partial charge >= 0.3 is 0 Å². The quantitative estimate of drug-likeness (QED) is 0.477. The predicted octanol–water partition coefficient (Wildman–Crippen LogP) is -0.768. The first-order valence-corrected chi connectivity index (χ1v) is 5.33. The second-order valence-electron chi connectivity index (χ2n) is 3.83. The third-order valence-corrected chi connectivity index (χ3v) is 2.42. The molecule has 1 aliphatic heterocycles. The minimum Gasteiger partial charge on any atom is -0.394 e. The van der Waals surface area contributed by atoms with Crippen LogP contribution in [-0.4, -0.2) is 52.9 Å². The Morgan fingerprint density at radius 1 is 1.44 bits per heavy atom. The summed E-state index contributed by atoms with van der Waals surface area (Å²) in [5.74, 6) is 0. The molecule has 1 saturated heterocycles. The Labute approximate surface area is 110 Å². The molecule has 0 spiro atoms. The smallest absolute Gasteiger partial charge is 0.116 e. The summed E-state index contributed by atoms with van der Waals surface area (Å²) >= 11 is 0. The number of hydrogen-bond donors (Lipinski definition) is 4. The van der Waals surface area contributed by atoms with E-state index >= 15 is 0 Å². The Morgan fingerprint density at radius 2 is 1.94 bits per heavy atom.